The molecule has 0 bridgehead atoms. The molecule has 1 atom stereocenters. The van der Waals surface area contributed by atoms with Crippen LogP contribution >= 0.6 is 23.5 Å². The lowest BCUT2D eigenvalue weighted by Gasteiger charge is -2.24. The molecular weight excluding hydrogens is 312 g/mol. The lowest BCUT2D eigenvalue weighted by Crippen LogP contribution is -2.34. The van der Waals surface area contributed by atoms with Crippen LogP contribution in [0.4, 0.5) is 0 Å². The molecule has 22 heavy (non-hydrogen) atoms. The third-order valence-electron chi connectivity index (χ3n) is 3.59. The summed E-state index contributed by atoms with van der Waals surface area (Å²) in [6, 6.07) is 10.4. The summed E-state index contributed by atoms with van der Waals surface area (Å²) in [7, 11) is 0. The monoisotopic (exact) mass is 328 g/mol. The first kappa shape index (κ1) is 14.0. The molecule has 1 aromatic heterocycles. The average molecular weight is 328 g/mol. The van der Waals surface area contributed by atoms with Gasteiger partial charge in [-0.3, -0.25) is 5.01 Å². The quantitative estimate of drug-likeness (QED) is 0.850. The van der Waals surface area contributed by atoms with Crippen molar-refractivity contribution in [2.45, 2.75) is 30.3 Å². The van der Waals surface area contributed by atoms with Crippen LogP contribution in [0.2, 0.25) is 0 Å². The highest BCUT2D eigenvalue weighted by atomic mass is 32.2. The van der Waals surface area contributed by atoms with Crippen molar-refractivity contribution in [3.8, 4) is 0 Å². The van der Waals surface area contributed by atoms with Crippen LogP contribution in [0.15, 0.2) is 52.0 Å². The van der Waals surface area contributed by atoms with Gasteiger partial charge >= 0.3 is 0 Å². The van der Waals surface area contributed by atoms with Gasteiger partial charge in [-0.2, -0.15) is 0 Å². The molecule has 0 amide bonds. The first-order valence-corrected chi connectivity index (χ1v) is 9.01. The molecule has 0 fully saturated rings. The van der Waals surface area contributed by atoms with Crippen LogP contribution in [0.3, 0.4) is 0 Å². The zero-order valence-corrected chi connectivity index (χ0v) is 14.0. The highest BCUT2D eigenvalue weighted by Gasteiger charge is 2.38. The van der Waals surface area contributed by atoms with Crippen molar-refractivity contribution in [3.63, 3.8) is 0 Å². The Hall–Kier alpha value is -1.66. The van der Waals surface area contributed by atoms with E-state index in [1.807, 2.05) is 17.8 Å². The molecule has 3 heterocycles. The van der Waals surface area contributed by atoms with Crippen molar-refractivity contribution in [1.82, 2.24) is 14.9 Å². The van der Waals surface area contributed by atoms with Gasteiger partial charge in [0.05, 0.1) is 0 Å². The molecule has 0 radical (unpaired) electrons. The zero-order valence-electron chi connectivity index (χ0n) is 12.4. The van der Waals surface area contributed by atoms with Gasteiger partial charge < -0.3 is 0 Å². The van der Waals surface area contributed by atoms with Gasteiger partial charge in [0, 0.05) is 11.3 Å². The van der Waals surface area contributed by atoms with Crippen LogP contribution in [0.1, 0.15) is 31.2 Å². The van der Waals surface area contributed by atoms with E-state index in [9.17, 15) is 0 Å². The molecule has 2 aliphatic heterocycles. The molecule has 0 aliphatic carbocycles. The lowest BCUT2D eigenvalue weighted by atomic mass is 10.2. The van der Waals surface area contributed by atoms with E-state index in [-0.39, 0.29) is 5.37 Å². The van der Waals surface area contributed by atoms with E-state index in [0.717, 1.165) is 11.0 Å². The van der Waals surface area contributed by atoms with E-state index in [1.165, 1.54) is 10.6 Å². The van der Waals surface area contributed by atoms with E-state index in [1.54, 1.807) is 11.8 Å². The minimum Gasteiger partial charge on any atom is -0.253 e. The van der Waals surface area contributed by atoms with E-state index < -0.39 is 0 Å². The zero-order chi connectivity index (χ0) is 15.1. The Morgan fingerprint density at radius 2 is 2.00 bits per heavy atom. The van der Waals surface area contributed by atoms with Crippen LogP contribution < -0.4 is 5.01 Å². The predicted octanol–water partition coefficient (Wildman–Crippen LogP) is 4.03. The Morgan fingerprint density at radius 1 is 1.18 bits per heavy atom. The Balaban J connectivity index is 1.64. The molecule has 2 aliphatic rings. The molecule has 6 heteroatoms. The smallest absolute Gasteiger partial charge is 0.216 e. The van der Waals surface area contributed by atoms with Gasteiger partial charge in [-0.25, -0.2) is 4.68 Å². The highest BCUT2D eigenvalue weighted by Crippen LogP contribution is 2.46. The maximum absolute atomic E-state index is 4.34. The van der Waals surface area contributed by atoms with E-state index >= 15 is 0 Å². The minimum absolute atomic E-state index is 0.248. The number of hydrogen-bond acceptors (Lipinski definition) is 5. The van der Waals surface area contributed by atoms with E-state index in [0.29, 0.717) is 5.92 Å². The number of rotatable bonds is 3. The summed E-state index contributed by atoms with van der Waals surface area (Å²) >= 11 is 3.51. The van der Waals surface area contributed by atoms with Crippen molar-refractivity contribution < 1.29 is 0 Å². The largest absolute Gasteiger partial charge is 0.253 e. The molecule has 2 aromatic rings. The number of thioether (sulfide) groups is 2. The second-order valence-corrected chi connectivity index (χ2v) is 7.48. The van der Waals surface area contributed by atoms with Crippen LogP contribution in [0.25, 0.3) is 6.08 Å². The van der Waals surface area contributed by atoms with E-state index in [2.05, 4.69) is 75.6 Å². The predicted molar refractivity (Wildman–Crippen MR) is 93.1 cm³/mol. The molecule has 0 saturated heterocycles. The van der Waals surface area contributed by atoms with Crippen molar-refractivity contribution in [1.29, 1.82) is 0 Å². The van der Waals surface area contributed by atoms with Gasteiger partial charge in [-0.05, 0) is 23.4 Å². The van der Waals surface area contributed by atoms with Crippen molar-refractivity contribution in [3.05, 3.63) is 58.2 Å². The normalized spacial score (nSPS) is 19.9. The summed E-state index contributed by atoms with van der Waals surface area (Å²) in [5.74, 6) is 1.37. The fourth-order valence-electron chi connectivity index (χ4n) is 2.53. The summed E-state index contributed by atoms with van der Waals surface area (Å²) in [5, 5.41) is 15.6. The standard InChI is InChI=1S/C16H16N4S2/c1-11(2)15-17-18-16-20(15)19-13(21-10-14(19)22-16)9-8-12-6-4-3-5-7-12/h3-11,13H,1-2H3/b9-8+. The van der Waals surface area contributed by atoms with Gasteiger partial charge in [0.25, 0.3) is 0 Å². The molecule has 4 rings (SSSR count). The Morgan fingerprint density at radius 3 is 2.77 bits per heavy atom. The van der Waals surface area contributed by atoms with Gasteiger partial charge in [0.1, 0.15) is 10.4 Å². The maximum atomic E-state index is 4.34. The summed E-state index contributed by atoms with van der Waals surface area (Å²) in [4.78, 5) is 0. The molecule has 0 spiro atoms. The molecule has 4 nitrogen and oxygen atoms in total. The lowest BCUT2D eigenvalue weighted by molar-refractivity contribution is 0.601. The molecule has 1 aromatic carbocycles. The number of benzene rings is 1. The fraction of sp³-hybridized carbons (Fsp3) is 0.250. The van der Waals surface area contributed by atoms with Crippen molar-refractivity contribution in [2.75, 3.05) is 5.01 Å². The van der Waals surface area contributed by atoms with Crippen LogP contribution in [0, 0.1) is 0 Å². The number of hydrogen-bond donors (Lipinski definition) is 0. The number of fused-ring (bicyclic) bond motifs is 3. The average Bonchev–Trinajstić information content (AvgIpc) is 3.17. The SMILES string of the molecule is CC(C)c1nnc2n1N1C(=CSC1/C=C/c1ccccc1)S2. The second kappa shape index (κ2) is 5.52. The third-order valence-corrected chi connectivity index (χ3v) is 5.69. The molecule has 112 valence electrons. The molecule has 0 N–H and O–H groups in total. The first-order valence-electron chi connectivity index (χ1n) is 7.25. The highest BCUT2D eigenvalue weighted by molar-refractivity contribution is 8.07. The molecule has 0 saturated carbocycles. The van der Waals surface area contributed by atoms with Gasteiger partial charge in [0.2, 0.25) is 5.16 Å². The van der Waals surface area contributed by atoms with Crippen LogP contribution in [-0.4, -0.2) is 20.2 Å². The maximum Gasteiger partial charge on any atom is 0.216 e. The Labute approximate surface area is 138 Å². The molecule has 1 unspecified atom stereocenters. The van der Waals surface area contributed by atoms with Gasteiger partial charge in [-0.1, -0.05) is 62.0 Å². The Bertz CT molecular complexity index is 749. The van der Waals surface area contributed by atoms with Crippen LogP contribution in [0.5, 0.6) is 0 Å². The summed E-state index contributed by atoms with van der Waals surface area (Å²) in [6.45, 7) is 4.31. The summed E-state index contributed by atoms with van der Waals surface area (Å²) in [5.41, 5.74) is 1.22. The third kappa shape index (κ3) is 2.27. The first-order chi connectivity index (χ1) is 10.7. The van der Waals surface area contributed by atoms with Gasteiger partial charge in [0.15, 0.2) is 5.82 Å². The van der Waals surface area contributed by atoms with Crippen molar-refractivity contribution in [2.24, 2.45) is 0 Å². The second-order valence-electron chi connectivity index (χ2n) is 5.51. The van der Waals surface area contributed by atoms with Crippen molar-refractivity contribution >= 4 is 29.6 Å². The summed E-state index contributed by atoms with van der Waals surface area (Å²) in [6.07, 6.45) is 4.42. The molecular formula is C16H16N4S2. The topological polar surface area (TPSA) is 34.0 Å². The van der Waals surface area contributed by atoms with E-state index in [4.69, 9.17) is 0 Å². The number of aromatic nitrogens is 3. The number of nitrogens with zero attached hydrogens (tertiary/aromatic N) is 4. The Kier molecular flexibility index (Phi) is 3.50. The fourth-order valence-corrected chi connectivity index (χ4v) is 4.64. The summed E-state index contributed by atoms with van der Waals surface area (Å²) < 4.78 is 2.17. The minimum atomic E-state index is 0.248. The van der Waals surface area contributed by atoms with Gasteiger partial charge in [-0.15, -0.1) is 10.2 Å². The van der Waals surface area contributed by atoms with Crippen LogP contribution in [-0.2, 0) is 0 Å².